The summed E-state index contributed by atoms with van der Waals surface area (Å²) in [6, 6.07) is 0. The monoisotopic (exact) mass is 334 g/mol. The van der Waals surface area contributed by atoms with E-state index in [0.29, 0.717) is 0 Å². The minimum absolute atomic E-state index is 0.825. The van der Waals surface area contributed by atoms with Gasteiger partial charge in [0.05, 0.1) is 0 Å². The maximum atomic E-state index is 4.68. The number of guanidine groups is 1. The van der Waals surface area contributed by atoms with Crippen LogP contribution in [0.25, 0.3) is 0 Å². The molecule has 0 bridgehead atoms. The Kier molecular flexibility index (Phi) is 8.63. The van der Waals surface area contributed by atoms with Gasteiger partial charge in [-0.1, -0.05) is 26.2 Å². The maximum absolute atomic E-state index is 4.68. The van der Waals surface area contributed by atoms with Crippen molar-refractivity contribution in [2.45, 2.75) is 78.2 Å². The molecule has 0 unspecified atom stereocenters. The second-order valence-corrected chi connectivity index (χ2v) is 6.49. The molecule has 0 aromatic carbocycles. The van der Waals surface area contributed by atoms with Gasteiger partial charge in [0.1, 0.15) is 11.6 Å². The third kappa shape index (κ3) is 6.13. The molecule has 0 spiro atoms. The Labute approximate surface area is 146 Å². The molecule has 1 aromatic heterocycles. The second kappa shape index (κ2) is 11.0. The van der Waals surface area contributed by atoms with Gasteiger partial charge in [0.25, 0.3) is 0 Å². The van der Waals surface area contributed by atoms with Crippen LogP contribution in [-0.4, -0.2) is 40.4 Å². The average molecular weight is 335 g/mol. The van der Waals surface area contributed by atoms with Crippen LogP contribution in [0, 0.1) is 0 Å². The van der Waals surface area contributed by atoms with Crippen molar-refractivity contribution in [3.8, 4) is 0 Å². The van der Waals surface area contributed by atoms with Crippen LogP contribution in [0.4, 0.5) is 0 Å². The summed E-state index contributed by atoms with van der Waals surface area (Å²) < 4.78 is 2.34. The van der Waals surface area contributed by atoms with Crippen molar-refractivity contribution in [2.75, 3.05) is 19.6 Å². The number of hydrogen-bond acceptors (Lipinski definition) is 3. The van der Waals surface area contributed by atoms with Gasteiger partial charge in [-0.15, -0.1) is 10.2 Å². The van der Waals surface area contributed by atoms with Gasteiger partial charge in [0, 0.05) is 39.0 Å². The largest absolute Gasteiger partial charge is 0.357 e. The summed E-state index contributed by atoms with van der Waals surface area (Å²) >= 11 is 0. The zero-order valence-corrected chi connectivity index (χ0v) is 15.5. The van der Waals surface area contributed by atoms with E-state index in [0.717, 1.165) is 57.2 Å². The summed E-state index contributed by atoms with van der Waals surface area (Å²) in [5.74, 6) is 3.26. The van der Waals surface area contributed by atoms with E-state index in [4.69, 9.17) is 0 Å². The maximum Gasteiger partial charge on any atom is 0.191 e. The van der Waals surface area contributed by atoms with Gasteiger partial charge in [0.2, 0.25) is 0 Å². The number of unbranched alkanes of at least 4 members (excludes halogenated alkanes) is 2. The third-order valence-electron chi connectivity index (χ3n) is 4.43. The highest BCUT2D eigenvalue weighted by Crippen LogP contribution is 2.15. The van der Waals surface area contributed by atoms with E-state index in [2.05, 4.69) is 44.2 Å². The second-order valence-electron chi connectivity index (χ2n) is 6.49. The lowest BCUT2D eigenvalue weighted by Crippen LogP contribution is -2.37. The number of fused-ring (bicyclic) bond motifs is 1. The zero-order valence-electron chi connectivity index (χ0n) is 15.5. The molecule has 0 radical (unpaired) electrons. The standard InChI is InChI=1S/C18H34N6/c1-3-5-8-13-20-18(19-4-2)21-14-10-12-17-23-22-16-11-7-6-9-15-24(16)17/h3-15H2,1-2H3,(H2,19,20,21). The number of nitrogens with one attached hydrogen (secondary N) is 2. The van der Waals surface area contributed by atoms with Crippen LogP contribution in [0.5, 0.6) is 0 Å². The first kappa shape index (κ1) is 18.7. The van der Waals surface area contributed by atoms with E-state index in [1.165, 1.54) is 44.3 Å². The summed E-state index contributed by atoms with van der Waals surface area (Å²) in [6.45, 7) is 8.14. The molecule has 136 valence electrons. The molecular formula is C18H34N6. The number of hydrogen-bond donors (Lipinski definition) is 2. The first-order valence-corrected chi connectivity index (χ1v) is 9.78. The van der Waals surface area contributed by atoms with Crippen molar-refractivity contribution in [1.29, 1.82) is 0 Å². The summed E-state index contributed by atoms with van der Waals surface area (Å²) in [5, 5.41) is 15.5. The van der Waals surface area contributed by atoms with E-state index >= 15 is 0 Å². The molecule has 0 fully saturated rings. The van der Waals surface area contributed by atoms with Crippen molar-refractivity contribution in [3.63, 3.8) is 0 Å². The summed E-state index contributed by atoms with van der Waals surface area (Å²) in [7, 11) is 0. The van der Waals surface area contributed by atoms with Crippen molar-refractivity contribution in [2.24, 2.45) is 4.99 Å². The van der Waals surface area contributed by atoms with Crippen LogP contribution < -0.4 is 10.6 Å². The summed E-state index contributed by atoms with van der Waals surface area (Å²) in [6.07, 6.45) is 10.6. The fourth-order valence-electron chi connectivity index (χ4n) is 3.08. The van der Waals surface area contributed by atoms with Crippen LogP contribution in [0.1, 0.15) is 70.4 Å². The van der Waals surface area contributed by atoms with Gasteiger partial charge in [-0.3, -0.25) is 4.99 Å². The molecule has 24 heavy (non-hydrogen) atoms. The van der Waals surface area contributed by atoms with Crippen molar-refractivity contribution in [1.82, 2.24) is 25.4 Å². The minimum atomic E-state index is 0.825. The molecule has 6 nitrogen and oxygen atoms in total. The number of aromatic nitrogens is 3. The Morgan fingerprint density at radius 2 is 2.00 bits per heavy atom. The first-order valence-electron chi connectivity index (χ1n) is 9.78. The van der Waals surface area contributed by atoms with Crippen LogP contribution in [0.2, 0.25) is 0 Å². The number of aryl methyl sites for hydroxylation is 2. The molecule has 2 rings (SSSR count). The lowest BCUT2D eigenvalue weighted by atomic mass is 10.2. The van der Waals surface area contributed by atoms with Crippen LogP contribution >= 0.6 is 0 Å². The van der Waals surface area contributed by atoms with Gasteiger partial charge < -0.3 is 15.2 Å². The van der Waals surface area contributed by atoms with Gasteiger partial charge in [-0.2, -0.15) is 0 Å². The molecule has 1 aromatic rings. The van der Waals surface area contributed by atoms with Gasteiger partial charge in [0.15, 0.2) is 5.96 Å². The van der Waals surface area contributed by atoms with E-state index in [9.17, 15) is 0 Å². The SMILES string of the molecule is CCCCCNC(=NCCCc1nnc2n1CCCCC2)NCC. The van der Waals surface area contributed by atoms with Crippen molar-refractivity contribution in [3.05, 3.63) is 11.6 Å². The van der Waals surface area contributed by atoms with Crippen molar-refractivity contribution >= 4 is 5.96 Å². The molecule has 0 saturated heterocycles. The molecule has 1 aliphatic rings. The summed E-state index contributed by atoms with van der Waals surface area (Å²) in [4.78, 5) is 4.68. The minimum Gasteiger partial charge on any atom is -0.357 e. The number of rotatable bonds is 9. The molecule has 0 atom stereocenters. The lowest BCUT2D eigenvalue weighted by molar-refractivity contribution is 0.597. The highest BCUT2D eigenvalue weighted by Gasteiger charge is 2.13. The Morgan fingerprint density at radius 1 is 1.08 bits per heavy atom. The average Bonchev–Trinajstić information content (AvgIpc) is 2.82. The van der Waals surface area contributed by atoms with E-state index in [1.807, 2.05) is 0 Å². The predicted molar refractivity (Wildman–Crippen MR) is 99.4 cm³/mol. The molecule has 0 amide bonds. The molecule has 0 aliphatic carbocycles. The Bertz CT molecular complexity index is 494. The Morgan fingerprint density at radius 3 is 2.83 bits per heavy atom. The van der Waals surface area contributed by atoms with E-state index in [1.54, 1.807) is 0 Å². The van der Waals surface area contributed by atoms with Gasteiger partial charge >= 0.3 is 0 Å². The predicted octanol–water partition coefficient (Wildman–Crippen LogP) is 2.68. The smallest absolute Gasteiger partial charge is 0.191 e. The number of nitrogens with zero attached hydrogens (tertiary/aromatic N) is 4. The molecule has 1 aliphatic heterocycles. The molecule has 2 N–H and O–H groups in total. The van der Waals surface area contributed by atoms with Crippen LogP contribution in [-0.2, 0) is 19.4 Å². The lowest BCUT2D eigenvalue weighted by Gasteiger charge is -2.11. The molecule has 2 heterocycles. The van der Waals surface area contributed by atoms with Crippen molar-refractivity contribution < 1.29 is 0 Å². The fraction of sp³-hybridized carbons (Fsp3) is 0.833. The zero-order chi connectivity index (χ0) is 17.0. The quantitative estimate of drug-likeness (QED) is 0.414. The topological polar surface area (TPSA) is 67.1 Å². The van der Waals surface area contributed by atoms with Crippen LogP contribution in [0.3, 0.4) is 0 Å². The fourth-order valence-corrected chi connectivity index (χ4v) is 3.08. The Balaban J connectivity index is 1.76. The van der Waals surface area contributed by atoms with Gasteiger partial charge in [-0.05, 0) is 32.6 Å². The Hall–Kier alpha value is -1.59. The van der Waals surface area contributed by atoms with E-state index < -0.39 is 0 Å². The molecule has 0 saturated carbocycles. The molecular weight excluding hydrogens is 300 g/mol. The van der Waals surface area contributed by atoms with E-state index in [-0.39, 0.29) is 0 Å². The summed E-state index contributed by atoms with van der Waals surface area (Å²) in [5.41, 5.74) is 0. The highest BCUT2D eigenvalue weighted by atomic mass is 15.3. The van der Waals surface area contributed by atoms with Gasteiger partial charge in [-0.25, -0.2) is 0 Å². The first-order chi connectivity index (χ1) is 11.8. The number of aliphatic imine (C=N–C) groups is 1. The molecule has 6 heteroatoms. The normalized spacial score (nSPS) is 15.0. The highest BCUT2D eigenvalue weighted by molar-refractivity contribution is 5.79. The third-order valence-corrected chi connectivity index (χ3v) is 4.43. The van der Waals surface area contributed by atoms with Crippen LogP contribution in [0.15, 0.2) is 4.99 Å².